The highest BCUT2D eigenvalue weighted by molar-refractivity contribution is 5.76. The molecule has 0 bridgehead atoms. The second-order valence-electron chi connectivity index (χ2n) is 7.04. The number of aromatic nitrogens is 3. The van der Waals surface area contributed by atoms with Crippen LogP contribution in [0.2, 0.25) is 0 Å². The molecule has 164 valence electrons. The number of aromatic amines is 1. The predicted molar refractivity (Wildman–Crippen MR) is 117 cm³/mol. The summed E-state index contributed by atoms with van der Waals surface area (Å²) < 4.78 is 16.0. The fraction of sp³-hybridized carbons (Fsp3) is 0.217. The molecule has 9 heteroatoms. The number of benzene rings is 2. The zero-order valence-electron chi connectivity index (χ0n) is 17.3. The number of aryl methyl sites for hydroxylation is 1. The Kier molecular flexibility index (Phi) is 6.45. The quantitative estimate of drug-likeness (QED) is 0.497. The van der Waals surface area contributed by atoms with Gasteiger partial charge in [0.15, 0.2) is 17.3 Å². The summed E-state index contributed by atoms with van der Waals surface area (Å²) in [7, 11) is 0. The SMILES string of the molecule is C=CCOc1ccc(-c2nnc(CCC(=O)NCc3ccc4c(c3)OCO4)c(=O)[nH]2)cc1. The number of fused-ring (bicyclic) bond motifs is 1. The van der Waals surface area contributed by atoms with E-state index in [-0.39, 0.29) is 36.8 Å². The molecule has 0 atom stereocenters. The van der Waals surface area contributed by atoms with Gasteiger partial charge in [-0.15, -0.1) is 10.2 Å². The van der Waals surface area contributed by atoms with Crippen molar-refractivity contribution in [3.05, 3.63) is 76.7 Å². The maximum Gasteiger partial charge on any atom is 0.273 e. The first kappa shape index (κ1) is 21.1. The fourth-order valence-corrected chi connectivity index (χ4v) is 3.09. The van der Waals surface area contributed by atoms with E-state index in [2.05, 4.69) is 27.1 Å². The number of nitrogens with zero attached hydrogens (tertiary/aromatic N) is 2. The molecule has 0 fully saturated rings. The van der Waals surface area contributed by atoms with Crippen LogP contribution >= 0.6 is 0 Å². The number of carbonyl (C=O) groups excluding carboxylic acids is 1. The molecular weight excluding hydrogens is 412 g/mol. The van der Waals surface area contributed by atoms with Gasteiger partial charge in [-0.1, -0.05) is 18.7 Å². The lowest BCUT2D eigenvalue weighted by Gasteiger charge is -2.07. The van der Waals surface area contributed by atoms with E-state index in [9.17, 15) is 9.59 Å². The van der Waals surface area contributed by atoms with Gasteiger partial charge in [-0.25, -0.2) is 0 Å². The Balaban J connectivity index is 1.30. The summed E-state index contributed by atoms with van der Waals surface area (Å²) in [6.45, 7) is 4.57. The first-order valence-electron chi connectivity index (χ1n) is 10.1. The number of ether oxygens (including phenoxy) is 3. The van der Waals surface area contributed by atoms with Gasteiger partial charge in [-0.05, 0) is 42.0 Å². The molecule has 3 aromatic rings. The van der Waals surface area contributed by atoms with Gasteiger partial charge < -0.3 is 24.5 Å². The van der Waals surface area contributed by atoms with E-state index in [0.717, 1.165) is 5.56 Å². The summed E-state index contributed by atoms with van der Waals surface area (Å²) in [5.41, 5.74) is 1.43. The molecule has 2 heterocycles. The standard InChI is InChI=1S/C23H22N4O5/c1-2-11-30-17-6-4-16(5-7-17)22-25-23(29)18(26-27-22)8-10-21(28)24-13-15-3-9-19-20(12-15)32-14-31-19/h2-7,9,12H,1,8,10-11,13-14H2,(H,24,28)(H,25,27,29). The summed E-state index contributed by atoms with van der Waals surface area (Å²) >= 11 is 0. The summed E-state index contributed by atoms with van der Waals surface area (Å²) in [6, 6.07) is 12.6. The van der Waals surface area contributed by atoms with Crippen molar-refractivity contribution >= 4 is 5.91 Å². The van der Waals surface area contributed by atoms with E-state index in [4.69, 9.17) is 14.2 Å². The minimum atomic E-state index is -0.370. The molecule has 1 aliphatic rings. The molecule has 4 rings (SSSR count). The van der Waals surface area contributed by atoms with Crippen molar-refractivity contribution in [2.24, 2.45) is 0 Å². The van der Waals surface area contributed by atoms with Gasteiger partial charge >= 0.3 is 0 Å². The van der Waals surface area contributed by atoms with Crippen LogP contribution in [-0.4, -0.2) is 34.5 Å². The van der Waals surface area contributed by atoms with Crippen molar-refractivity contribution in [1.82, 2.24) is 20.5 Å². The largest absolute Gasteiger partial charge is 0.490 e. The molecule has 2 N–H and O–H groups in total. The zero-order valence-corrected chi connectivity index (χ0v) is 17.3. The van der Waals surface area contributed by atoms with Crippen LogP contribution in [0.3, 0.4) is 0 Å². The third kappa shape index (κ3) is 5.12. The lowest BCUT2D eigenvalue weighted by Crippen LogP contribution is -2.25. The normalized spacial score (nSPS) is 11.8. The van der Waals surface area contributed by atoms with Crippen LogP contribution in [0.1, 0.15) is 17.7 Å². The minimum absolute atomic E-state index is 0.122. The highest BCUT2D eigenvalue weighted by Crippen LogP contribution is 2.32. The molecule has 1 aromatic heterocycles. The van der Waals surface area contributed by atoms with Gasteiger partial charge in [0.1, 0.15) is 18.1 Å². The number of hydrogen-bond donors (Lipinski definition) is 2. The van der Waals surface area contributed by atoms with Crippen molar-refractivity contribution in [3.63, 3.8) is 0 Å². The van der Waals surface area contributed by atoms with E-state index >= 15 is 0 Å². The van der Waals surface area contributed by atoms with Crippen molar-refractivity contribution in [3.8, 4) is 28.6 Å². The lowest BCUT2D eigenvalue weighted by molar-refractivity contribution is -0.121. The molecule has 1 amide bonds. The van der Waals surface area contributed by atoms with Crippen molar-refractivity contribution in [2.75, 3.05) is 13.4 Å². The Morgan fingerprint density at radius 2 is 1.97 bits per heavy atom. The molecule has 9 nitrogen and oxygen atoms in total. The van der Waals surface area contributed by atoms with Gasteiger partial charge in [-0.2, -0.15) is 0 Å². The van der Waals surface area contributed by atoms with E-state index in [1.54, 1.807) is 30.3 Å². The number of H-pyrrole nitrogens is 1. The van der Waals surface area contributed by atoms with E-state index in [1.165, 1.54) is 0 Å². The second-order valence-corrected chi connectivity index (χ2v) is 7.04. The van der Waals surface area contributed by atoms with E-state index < -0.39 is 0 Å². The number of carbonyl (C=O) groups is 1. The minimum Gasteiger partial charge on any atom is -0.490 e. The first-order chi connectivity index (χ1) is 15.6. The highest BCUT2D eigenvalue weighted by Gasteiger charge is 2.14. The van der Waals surface area contributed by atoms with E-state index in [0.29, 0.717) is 41.8 Å². The average Bonchev–Trinajstić information content (AvgIpc) is 3.29. The molecule has 0 saturated carbocycles. The molecule has 1 aliphatic heterocycles. The van der Waals surface area contributed by atoms with Gasteiger partial charge in [0.05, 0.1) is 0 Å². The Bertz CT molecular complexity index is 1170. The van der Waals surface area contributed by atoms with Crippen molar-refractivity contribution in [2.45, 2.75) is 19.4 Å². The summed E-state index contributed by atoms with van der Waals surface area (Å²) in [5, 5.41) is 10.9. The molecular formula is C23H22N4O5. The summed E-state index contributed by atoms with van der Waals surface area (Å²) in [5.74, 6) is 2.20. The maximum absolute atomic E-state index is 12.4. The second kappa shape index (κ2) is 9.78. The highest BCUT2D eigenvalue weighted by atomic mass is 16.7. The number of nitrogens with one attached hydrogen (secondary N) is 2. The predicted octanol–water partition coefficient (Wildman–Crippen LogP) is 2.37. The monoisotopic (exact) mass is 434 g/mol. The smallest absolute Gasteiger partial charge is 0.273 e. The molecule has 0 unspecified atom stereocenters. The molecule has 0 radical (unpaired) electrons. The van der Waals surface area contributed by atoms with Gasteiger partial charge in [0, 0.05) is 24.9 Å². The van der Waals surface area contributed by atoms with Crippen molar-refractivity contribution < 1.29 is 19.0 Å². The number of amides is 1. The molecule has 0 aliphatic carbocycles. The Morgan fingerprint density at radius 1 is 1.16 bits per heavy atom. The van der Waals surface area contributed by atoms with Crippen LogP contribution in [0, 0.1) is 0 Å². The number of rotatable bonds is 9. The van der Waals surface area contributed by atoms with Gasteiger partial charge in [0.2, 0.25) is 12.7 Å². The maximum atomic E-state index is 12.4. The molecule has 0 spiro atoms. The van der Waals surface area contributed by atoms with Crippen LogP contribution < -0.4 is 25.1 Å². The van der Waals surface area contributed by atoms with Crippen LogP contribution in [0.4, 0.5) is 0 Å². The average molecular weight is 434 g/mol. The molecule has 0 saturated heterocycles. The Labute approximate surface area is 184 Å². The third-order valence-corrected chi connectivity index (χ3v) is 4.78. The number of hydrogen-bond acceptors (Lipinski definition) is 7. The lowest BCUT2D eigenvalue weighted by atomic mass is 10.2. The third-order valence-electron chi connectivity index (χ3n) is 4.78. The van der Waals surface area contributed by atoms with E-state index in [1.807, 2.05) is 18.2 Å². The van der Waals surface area contributed by atoms with Crippen LogP contribution in [0.25, 0.3) is 11.4 Å². The van der Waals surface area contributed by atoms with Gasteiger partial charge in [-0.3, -0.25) is 9.59 Å². The van der Waals surface area contributed by atoms with Crippen LogP contribution in [-0.2, 0) is 17.8 Å². The molecule has 2 aromatic carbocycles. The van der Waals surface area contributed by atoms with Gasteiger partial charge in [0.25, 0.3) is 5.56 Å². The van der Waals surface area contributed by atoms with Crippen molar-refractivity contribution in [1.29, 1.82) is 0 Å². The summed E-state index contributed by atoms with van der Waals surface area (Å²) in [6.07, 6.45) is 1.97. The zero-order chi connectivity index (χ0) is 22.3. The summed E-state index contributed by atoms with van der Waals surface area (Å²) in [4.78, 5) is 27.3. The van der Waals surface area contributed by atoms with Crippen LogP contribution in [0.15, 0.2) is 59.9 Å². The topological polar surface area (TPSA) is 115 Å². The van der Waals surface area contributed by atoms with Crippen LogP contribution in [0.5, 0.6) is 17.2 Å². The Hall–Kier alpha value is -4.14. The first-order valence-corrected chi connectivity index (χ1v) is 10.1. The Morgan fingerprint density at radius 3 is 2.75 bits per heavy atom. The fourth-order valence-electron chi connectivity index (χ4n) is 3.09. The molecule has 32 heavy (non-hydrogen) atoms.